The molecule has 0 unspecified atom stereocenters. The van der Waals surface area contributed by atoms with E-state index in [1.807, 2.05) is 22.7 Å². The van der Waals surface area contributed by atoms with Gasteiger partial charge in [0.05, 0.1) is 25.3 Å². The van der Waals surface area contributed by atoms with E-state index in [1.165, 1.54) is 19.3 Å². The van der Waals surface area contributed by atoms with Crippen molar-refractivity contribution in [3.63, 3.8) is 0 Å². The second kappa shape index (κ2) is 8.41. The lowest BCUT2D eigenvalue weighted by Gasteiger charge is -2.07. The molecule has 0 atom stereocenters. The standard InChI is InChI=1S/C17H24N2O3/c1-3-5-6-7-10-22-15-8-9-19-14(11-17(20)21-4-2)13-18-16(19)12-15/h8-9,12-13H,3-7,10-11H2,1-2H3. The topological polar surface area (TPSA) is 52.8 Å². The molecule has 5 heteroatoms. The fourth-order valence-electron chi connectivity index (χ4n) is 2.31. The van der Waals surface area contributed by atoms with Gasteiger partial charge in [0, 0.05) is 18.5 Å². The van der Waals surface area contributed by atoms with Crippen LogP contribution < -0.4 is 4.74 Å². The van der Waals surface area contributed by atoms with Crippen LogP contribution >= 0.6 is 0 Å². The predicted molar refractivity (Wildman–Crippen MR) is 85.2 cm³/mol. The molecule has 2 heterocycles. The number of imidazole rings is 1. The van der Waals surface area contributed by atoms with Gasteiger partial charge >= 0.3 is 5.97 Å². The van der Waals surface area contributed by atoms with Crippen molar-refractivity contribution in [3.05, 3.63) is 30.2 Å². The van der Waals surface area contributed by atoms with Crippen molar-refractivity contribution < 1.29 is 14.3 Å². The normalized spacial score (nSPS) is 10.8. The maximum atomic E-state index is 11.6. The van der Waals surface area contributed by atoms with Gasteiger partial charge in [-0.2, -0.15) is 0 Å². The maximum absolute atomic E-state index is 11.6. The number of hydrogen-bond donors (Lipinski definition) is 0. The van der Waals surface area contributed by atoms with Gasteiger partial charge in [0.2, 0.25) is 0 Å². The number of carbonyl (C=O) groups excluding carboxylic acids is 1. The van der Waals surface area contributed by atoms with Gasteiger partial charge in [0.1, 0.15) is 11.4 Å². The van der Waals surface area contributed by atoms with E-state index in [1.54, 1.807) is 13.1 Å². The molecule has 0 bridgehead atoms. The van der Waals surface area contributed by atoms with Gasteiger partial charge in [0.15, 0.2) is 0 Å². The zero-order valence-electron chi connectivity index (χ0n) is 13.4. The van der Waals surface area contributed by atoms with Crippen molar-refractivity contribution in [2.45, 2.75) is 46.0 Å². The van der Waals surface area contributed by atoms with E-state index < -0.39 is 0 Å². The molecular weight excluding hydrogens is 280 g/mol. The van der Waals surface area contributed by atoms with Gasteiger partial charge in [0.25, 0.3) is 0 Å². The Balaban J connectivity index is 1.95. The number of rotatable bonds is 9. The molecule has 0 aliphatic heterocycles. The number of pyridine rings is 1. The lowest BCUT2D eigenvalue weighted by Crippen LogP contribution is -2.09. The van der Waals surface area contributed by atoms with E-state index in [9.17, 15) is 4.79 Å². The molecule has 0 N–H and O–H groups in total. The smallest absolute Gasteiger partial charge is 0.311 e. The monoisotopic (exact) mass is 304 g/mol. The van der Waals surface area contributed by atoms with Crippen LogP contribution in [0.4, 0.5) is 0 Å². The summed E-state index contributed by atoms with van der Waals surface area (Å²) in [7, 11) is 0. The lowest BCUT2D eigenvalue weighted by molar-refractivity contribution is -0.142. The average Bonchev–Trinajstić information content (AvgIpc) is 2.90. The second-order valence-corrected chi connectivity index (χ2v) is 5.23. The molecule has 0 aliphatic carbocycles. The fourth-order valence-corrected chi connectivity index (χ4v) is 2.31. The largest absolute Gasteiger partial charge is 0.493 e. The minimum absolute atomic E-state index is 0.228. The van der Waals surface area contributed by atoms with Crippen LogP contribution in [-0.4, -0.2) is 28.6 Å². The van der Waals surface area contributed by atoms with Crippen LogP contribution in [0, 0.1) is 0 Å². The van der Waals surface area contributed by atoms with Gasteiger partial charge in [-0.3, -0.25) is 4.79 Å². The molecule has 0 aromatic carbocycles. The molecule has 0 amide bonds. The molecule has 0 saturated carbocycles. The summed E-state index contributed by atoms with van der Waals surface area (Å²) in [5.74, 6) is 0.581. The highest BCUT2D eigenvalue weighted by Gasteiger charge is 2.10. The molecule has 0 aliphatic rings. The van der Waals surface area contributed by atoms with E-state index in [0.29, 0.717) is 6.61 Å². The van der Waals surface area contributed by atoms with Crippen LogP contribution in [-0.2, 0) is 16.0 Å². The lowest BCUT2D eigenvalue weighted by atomic mass is 10.2. The Bertz CT molecular complexity index is 607. The van der Waals surface area contributed by atoms with Gasteiger partial charge in [-0.15, -0.1) is 0 Å². The van der Waals surface area contributed by atoms with E-state index in [-0.39, 0.29) is 12.4 Å². The summed E-state index contributed by atoms with van der Waals surface area (Å²) in [6.45, 7) is 5.12. The third-order valence-corrected chi connectivity index (χ3v) is 3.46. The molecule has 0 saturated heterocycles. The number of aromatic nitrogens is 2. The van der Waals surface area contributed by atoms with Gasteiger partial charge in [-0.25, -0.2) is 4.98 Å². The van der Waals surface area contributed by atoms with Crippen LogP contribution in [0.3, 0.4) is 0 Å². The molecule has 0 fully saturated rings. The summed E-state index contributed by atoms with van der Waals surface area (Å²) in [4.78, 5) is 15.9. The number of esters is 1. The summed E-state index contributed by atoms with van der Waals surface area (Å²) in [6, 6.07) is 3.80. The predicted octanol–water partition coefficient (Wildman–Crippen LogP) is 3.40. The Kier molecular flexibility index (Phi) is 6.25. The Morgan fingerprint density at radius 1 is 1.27 bits per heavy atom. The summed E-state index contributed by atoms with van der Waals surface area (Å²) in [5, 5.41) is 0. The third-order valence-electron chi connectivity index (χ3n) is 3.46. The van der Waals surface area contributed by atoms with E-state index in [2.05, 4.69) is 11.9 Å². The van der Waals surface area contributed by atoms with Crippen molar-refractivity contribution in [3.8, 4) is 5.75 Å². The van der Waals surface area contributed by atoms with E-state index in [4.69, 9.17) is 9.47 Å². The first-order valence-electron chi connectivity index (χ1n) is 7.99. The van der Waals surface area contributed by atoms with Gasteiger partial charge in [-0.05, 0) is 19.4 Å². The number of ether oxygens (including phenoxy) is 2. The summed E-state index contributed by atoms with van der Waals surface area (Å²) in [5.41, 5.74) is 1.60. The number of hydrogen-bond acceptors (Lipinski definition) is 4. The van der Waals surface area contributed by atoms with Crippen molar-refractivity contribution in [1.29, 1.82) is 0 Å². The summed E-state index contributed by atoms with van der Waals surface area (Å²) >= 11 is 0. The second-order valence-electron chi connectivity index (χ2n) is 5.23. The van der Waals surface area contributed by atoms with Crippen LogP contribution in [0.5, 0.6) is 5.75 Å². The number of unbranched alkanes of at least 4 members (excludes halogenated alkanes) is 3. The molecule has 5 nitrogen and oxygen atoms in total. The zero-order chi connectivity index (χ0) is 15.8. The first-order chi connectivity index (χ1) is 10.7. The molecule has 2 rings (SSSR count). The number of fused-ring (bicyclic) bond motifs is 1. The van der Waals surface area contributed by atoms with Gasteiger partial charge in [-0.1, -0.05) is 26.2 Å². The van der Waals surface area contributed by atoms with Gasteiger partial charge < -0.3 is 13.9 Å². The highest BCUT2D eigenvalue weighted by atomic mass is 16.5. The average molecular weight is 304 g/mol. The quantitative estimate of drug-likeness (QED) is 0.526. The first kappa shape index (κ1) is 16.3. The van der Waals surface area contributed by atoms with Crippen molar-refractivity contribution >= 4 is 11.6 Å². The molecule has 0 radical (unpaired) electrons. The Morgan fingerprint density at radius 2 is 2.14 bits per heavy atom. The summed E-state index contributed by atoms with van der Waals surface area (Å²) in [6.07, 6.45) is 8.57. The van der Waals surface area contributed by atoms with Crippen molar-refractivity contribution in [2.24, 2.45) is 0 Å². The SMILES string of the molecule is CCCCCCOc1ccn2c(CC(=O)OCC)cnc2c1. The fraction of sp³-hybridized carbons (Fsp3) is 0.529. The van der Waals surface area contributed by atoms with Crippen LogP contribution in [0.15, 0.2) is 24.5 Å². The molecule has 2 aromatic heterocycles. The summed E-state index contributed by atoms with van der Waals surface area (Å²) < 4.78 is 12.6. The Labute approximate surface area is 131 Å². The zero-order valence-corrected chi connectivity index (χ0v) is 13.4. The van der Waals surface area contributed by atoms with Crippen molar-refractivity contribution in [1.82, 2.24) is 9.38 Å². The number of carbonyl (C=O) groups is 1. The highest BCUT2D eigenvalue weighted by molar-refractivity contribution is 5.72. The Morgan fingerprint density at radius 3 is 2.91 bits per heavy atom. The number of nitrogens with zero attached hydrogens (tertiary/aromatic N) is 2. The Hall–Kier alpha value is -2.04. The third kappa shape index (κ3) is 4.48. The molecule has 0 spiro atoms. The van der Waals surface area contributed by atoms with Crippen LogP contribution in [0.1, 0.15) is 45.2 Å². The molecular formula is C17H24N2O3. The first-order valence-corrected chi connectivity index (χ1v) is 7.99. The minimum Gasteiger partial charge on any atom is -0.493 e. The van der Waals surface area contributed by atoms with Crippen LogP contribution in [0.2, 0.25) is 0 Å². The molecule has 120 valence electrons. The molecule has 2 aromatic rings. The van der Waals surface area contributed by atoms with E-state index in [0.717, 1.165) is 30.1 Å². The maximum Gasteiger partial charge on any atom is 0.311 e. The highest BCUT2D eigenvalue weighted by Crippen LogP contribution is 2.16. The minimum atomic E-state index is -0.236. The van der Waals surface area contributed by atoms with Crippen LogP contribution in [0.25, 0.3) is 5.65 Å². The van der Waals surface area contributed by atoms with E-state index >= 15 is 0 Å². The molecule has 22 heavy (non-hydrogen) atoms. The van der Waals surface area contributed by atoms with Crippen molar-refractivity contribution in [2.75, 3.05) is 13.2 Å².